The summed E-state index contributed by atoms with van der Waals surface area (Å²) in [4.78, 5) is 16.1. The monoisotopic (exact) mass is 401 g/mol. The Morgan fingerprint density at radius 2 is 1.96 bits per heavy atom. The van der Waals surface area contributed by atoms with Gasteiger partial charge in [-0.15, -0.1) is 11.3 Å². The van der Waals surface area contributed by atoms with Crippen molar-refractivity contribution in [1.82, 2.24) is 4.98 Å². The van der Waals surface area contributed by atoms with Crippen molar-refractivity contribution in [3.8, 4) is 17.0 Å². The number of fused-ring (bicyclic) bond motifs is 1. The van der Waals surface area contributed by atoms with Crippen LogP contribution < -0.4 is 14.8 Å². The Hall–Kier alpha value is -2.91. The van der Waals surface area contributed by atoms with Gasteiger partial charge in [0.05, 0.1) is 16.3 Å². The van der Waals surface area contributed by atoms with Crippen LogP contribution in [0, 0.1) is 0 Å². The van der Waals surface area contributed by atoms with Gasteiger partial charge >= 0.3 is 0 Å². The third-order valence-corrected chi connectivity index (χ3v) is 6.21. The van der Waals surface area contributed by atoms with Gasteiger partial charge in [-0.05, 0) is 25.1 Å². The summed E-state index contributed by atoms with van der Waals surface area (Å²) in [6.07, 6.45) is -0.621. The number of nitrogens with one attached hydrogen (secondary N) is 2. The molecule has 1 atom stereocenters. The number of anilines is 2. The van der Waals surface area contributed by atoms with Crippen LogP contribution in [0.3, 0.4) is 0 Å². The molecular weight excluding hydrogens is 386 g/mol. The Kier molecular flexibility index (Phi) is 4.33. The molecule has 0 aliphatic carbocycles. The molecule has 0 spiro atoms. The summed E-state index contributed by atoms with van der Waals surface area (Å²) >= 11 is 1.20. The molecule has 0 radical (unpaired) electrons. The van der Waals surface area contributed by atoms with Gasteiger partial charge in [0.25, 0.3) is 15.9 Å². The number of hydrogen-bond acceptors (Lipinski definition) is 6. The predicted octanol–water partition coefficient (Wildman–Crippen LogP) is 3.33. The Balaban J connectivity index is 1.59. The first-order valence-electron chi connectivity index (χ1n) is 8.08. The van der Waals surface area contributed by atoms with Gasteiger partial charge in [-0.2, -0.15) is 0 Å². The third-order valence-electron chi connectivity index (χ3n) is 3.99. The SMILES string of the molecule is CC1Oc2ccc(S(=O)(=O)Nc3nc(-c4ccccc4)cs3)cc2NC1=O. The van der Waals surface area contributed by atoms with E-state index in [4.69, 9.17) is 4.74 Å². The number of thiazole rings is 1. The van der Waals surface area contributed by atoms with Crippen LogP contribution in [-0.2, 0) is 14.8 Å². The minimum Gasteiger partial charge on any atom is -0.479 e. The van der Waals surface area contributed by atoms with Crippen LogP contribution in [0.4, 0.5) is 10.8 Å². The highest BCUT2D eigenvalue weighted by molar-refractivity contribution is 7.93. The smallest absolute Gasteiger partial charge is 0.265 e. The van der Waals surface area contributed by atoms with Crippen LogP contribution in [0.25, 0.3) is 11.3 Å². The van der Waals surface area contributed by atoms with Gasteiger partial charge in [0.15, 0.2) is 11.2 Å². The lowest BCUT2D eigenvalue weighted by atomic mass is 10.2. The average Bonchev–Trinajstić information content (AvgIpc) is 3.11. The first kappa shape index (κ1) is 17.5. The summed E-state index contributed by atoms with van der Waals surface area (Å²) in [6.45, 7) is 1.62. The highest BCUT2D eigenvalue weighted by Gasteiger charge is 2.26. The minimum atomic E-state index is -3.86. The fraction of sp³-hybridized carbons (Fsp3) is 0.111. The van der Waals surface area contributed by atoms with Crippen molar-refractivity contribution in [2.24, 2.45) is 0 Å². The topological polar surface area (TPSA) is 97.4 Å². The van der Waals surface area contributed by atoms with Crippen molar-refractivity contribution in [2.75, 3.05) is 10.0 Å². The highest BCUT2D eigenvalue weighted by atomic mass is 32.2. The normalized spacial score (nSPS) is 16.2. The van der Waals surface area contributed by atoms with Gasteiger partial charge in [-0.3, -0.25) is 9.52 Å². The van der Waals surface area contributed by atoms with E-state index in [2.05, 4.69) is 15.0 Å². The van der Waals surface area contributed by atoms with Crippen LogP contribution in [0.5, 0.6) is 5.75 Å². The second-order valence-corrected chi connectivity index (χ2v) is 8.46. The summed E-state index contributed by atoms with van der Waals surface area (Å²) in [5.74, 6) is 0.110. The van der Waals surface area contributed by atoms with E-state index >= 15 is 0 Å². The fourth-order valence-electron chi connectivity index (χ4n) is 2.59. The molecule has 9 heteroatoms. The Labute approximate surface area is 160 Å². The molecule has 2 heterocycles. The van der Waals surface area contributed by atoms with E-state index in [9.17, 15) is 13.2 Å². The molecular formula is C18H15N3O4S2. The maximum atomic E-state index is 12.7. The molecule has 1 aliphatic heterocycles. The molecule has 4 rings (SSSR count). The van der Waals surface area contributed by atoms with E-state index in [1.54, 1.807) is 12.3 Å². The van der Waals surface area contributed by atoms with Crippen LogP contribution in [0.2, 0.25) is 0 Å². The van der Waals surface area contributed by atoms with E-state index in [0.717, 1.165) is 5.56 Å². The van der Waals surface area contributed by atoms with Gasteiger partial charge in [0, 0.05) is 10.9 Å². The molecule has 7 nitrogen and oxygen atoms in total. The Morgan fingerprint density at radius 3 is 2.74 bits per heavy atom. The summed E-state index contributed by atoms with van der Waals surface area (Å²) in [6, 6.07) is 13.8. The average molecular weight is 401 g/mol. The molecule has 27 heavy (non-hydrogen) atoms. The summed E-state index contributed by atoms with van der Waals surface area (Å²) in [5.41, 5.74) is 1.92. The van der Waals surface area contributed by atoms with Crippen molar-refractivity contribution in [2.45, 2.75) is 17.9 Å². The quantitative estimate of drug-likeness (QED) is 0.699. The molecule has 1 amide bonds. The molecule has 3 aromatic rings. The van der Waals surface area contributed by atoms with Gasteiger partial charge in [0.1, 0.15) is 5.75 Å². The lowest BCUT2D eigenvalue weighted by Gasteiger charge is -2.23. The number of sulfonamides is 1. The van der Waals surface area contributed by atoms with E-state index in [1.807, 2.05) is 30.3 Å². The number of aromatic nitrogens is 1. The van der Waals surface area contributed by atoms with Crippen molar-refractivity contribution in [1.29, 1.82) is 0 Å². The summed E-state index contributed by atoms with van der Waals surface area (Å²) in [5, 5.41) is 4.69. The fourth-order valence-corrected chi connectivity index (χ4v) is 4.59. The van der Waals surface area contributed by atoms with Crippen molar-refractivity contribution < 1.29 is 17.9 Å². The largest absolute Gasteiger partial charge is 0.479 e. The molecule has 1 unspecified atom stereocenters. The molecule has 138 valence electrons. The van der Waals surface area contributed by atoms with Crippen LogP contribution >= 0.6 is 11.3 Å². The van der Waals surface area contributed by atoms with Gasteiger partial charge in [-0.1, -0.05) is 30.3 Å². The van der Waals surface area contributed by atoms with E-state index in [-0.39, 0.29) is 15.9 Å². The number of nitrogens with zero attached hydrogens (tertiary/aromatic N) is 1. The number of benzene rings is 2. The van der Waals surface area contributed by atoms with Gasteiger partial charge < -0.3 is 10.1 Å². The van der Waals surface area contributed by atoms with Crippen LogP contribution in [-0.4, -0.2) is 25.4 Å². The van der Waals surface area contributed by atoms with E-state index in [0.29, 0.717) is 17.1 Å². The number of carbonyl (C=O) groups excluding carboxylic acids is 1. The van der Waals surface area contributed by atoms with E-state index < -0.39 is 16.1 Å². The zero-order valence-corrected chi connectivity index (χ0v) is 15.8. The van der Waals surface area contributed by atoms with Crippen LogP contribution in [0.1, 0.15) is 6.92 Å². The van der Waals surface area contributed by atoms with Crippen LogP contribution in [0.15, 0.2) is 58.8 Å². The van der Waals surface area contributed by atoms with Crippen molar-refractivity contribution in [3.05, 3.63) is 53.9 Å². The van der Waals surface area contributed by atoms with Gasteiger partial charge in [0.2, 0.25) is 0 Å². The lowest BCUT2D eigenvalue weighted by molar-refractivity contribution is -0.122. The molecule has 1 aromatic heterocycles. The number of rotatable bonds is 4. The minimum absolute atomic E-state index is 0.0103. The molecule has 2 aromatic carbocycles. The summed E-state index contributed by atoms with van der Waals surface area (Å²) < 4.78 is 33.3. The maximum Gasteiger partial charge on any atom is 0.265 e. The lowest BCUT2D eigenvalue weighted by Crippen LogP contribution is -2.34. The number of ether oxygens (including phenoxy) is 1. The standard InChI is InChI=1S/C18H15N3O4S2/c1-11-17(22)19-14-9-13(7-8-16(14)25-11)27(23,24)21-18-20-15(10-26-18)12-5-3-2-4-6-12/h2-11H,1H3,(H,19,22)(H,20,21). The molecule has 0 fully saturated rings. The van der Waals surface area contributed by atoms with E-state index in [1.165, 1.54) is 29.5 Å². The Morgan fingerprint density at radius 1 is 1.19 bits per heavy atom. The summed E-state index contributed by atoms with van der Waals surface area (Å²) in [7, 11) is -3.86. The first-order valence-corrected chi connectivity index (χ1v) is 10.4. The zero-order chi connectivity index (χ0) is 19.0. The van der Waals surface area contributed by atoms with Gasteiger partial charge in [-0.25, -0.2) is 13.4 Å². The second-order valence-electron chi connectivity index (χ2n) is 5.92. The Bertz CT molecular complexity index is 1110. The molecule has 2 N–H and O–H groups in total. The molecule has 0 saturated heterocycles. The van der Waals surface area contributed by atoms with Crippen molar-refractivity contribution in [3.63, 3.8) is 0 Å². The maximum absolute atomic E-state index is 12.7. The third kappa shape index (κ3) is 3.51. The van der Waals surface area contributed by atoms with Crippen molar-refractivity contribution >= 4 is 38.1 Å². The predicted molar refractivity (Wildman–Crippen MR) is 104 cm³/mol. The molecule has 1 aliphatic rings. The molecule has 0 bridgehead atoms. The number of amides is 1. The highest BCUT2D eigenvalue weighted by Crippen LogP contribution is 2.33. The zero-order valence-electron chi connectivity index (χ0n) is 14.2. The first-order chi connectivity index (χ1) is 12.9. The second kappa shape index (κ2) is 6.67. The number of carbonyl (C=O) groups is 1. The molecule has 0 saturated carbocycles. The number of hydrogen-bond donors (Lipinski definition) is 2.